The monoisotopic (exact) mass is 218 g/mol. The average Bonchev–Trinajstić information content (AvgIpc) is 3.13. The van der Waals surface area contributed by atoms with Gasteiger partial charge in [0.15, 0.2) is 0 Å². The summed E-state index contributed by atoms with van der Waals surface area (Å²) in [6.07, 6.45) is 5.80. The van der Waals surface area contributed by atoms with Crippen molar-refractivity contribution >= 4 is 5.78 Å². The summed E-state index contributed by atoms with van der Waals surface area (Å²) in [5.41, 5.74) is 1.22. The van der Waals surface area contributed by atoms with Gasteiger partial charge in [-0.15, -0.1) is 0 Å². The Balaban J connectivity index is 1.87. The number of Topliss-reactive ketones (excluding diaryl/α,β-unsaturated/α-hetero) is 1. The van der Waals surface area contributed by atoms with Gasteiger partial charge in [-0.25, -0.2) is 0 Å². The van der Waals surface area contributed by atoms with Gasteiger partial charge in [0.25, 0.3) is 0 Å². The van der Waals surface area contributed by atoms with Crippen LogP contribution in [0.25, 0.3) is 0 Å². The summed E-state index contributed by atoms with van der Waals surface area (Å²) >= 11 is 0. The number of likely N-dealkylation sites (N-methyl/N-ethyl adjacent to an activating group) is 1. The highest BCUT2D eigenvalue weighted by atomic mass is 16.1. The van der Waals surface area contributed by atoms with Crippen LogP contribution >= 0.6 is 0 Å². The topological polar surface area (TPSA) is 33.2 Å². The molecule has 16 heavy (non-hydrogen) atoms. The van der Waals surface area contributed by atoms with E-state index in [1.54, 1.807) is 12.4 Å². The second kappa shape index (κ2) is 5.21. The average molecular weight is 218 g/mol. The van der Waals surface area contributed by atoms with Crippen molar-refractivity contribution in [1.29, 1.82) is 0 Å². The van der Waals surface area contributed by atoms with Crippen LogP contribution in [-0.4, -0.2) is 28.8 Å². The SMILES string of the molecule is CCN(CC(=O)C1CC1)Cc1ccncc1. The molecule has 2 rings (SSSR count). The van der Waals surface area contributed by atoms with Crippen LogP contribution in [0.5, 0.6) is 0 Å². The molecule has 0 aliphatic heterocycles. The summed E-state index contributed by atoms with van der Waals surface area (Å²) in [7, 11) is 0. The number of hydrogen-bond donors (Lipinski definition) is 0. The number of hydrogen-bond acceptors (Lipinski definition) is 3. The summed E-state index contributed by atoms with van der Waals surface area (Å²) in [5, 5.41) is 0. The van der Waals surface area contributed by atoms with E-state index in [4.69, 9.17) is 0 Å². The summed E-state index contributed by atoms with van der Waals surface area (Å²) in [6.45, 7) is 4.46. The predicted octanol–water partition coefficient (Wildman–Crippen LogP) is 1.88. The molecule has 0 atom stereocenters. The molecule has 1 aliphatic carbocycles. The van der Waals surface area contributed by atoms with E-state index in [0.717, 1.165) is 25.9 Å². The first-order valence-electron chi connectivity index (χ1n) is 5.93. The summed E-state index contributed by atoms with van der Waals surface area (Å²) in [5.74, 6) is 0.780. The Morgan fingerprint density at radius 1 is 1.44 bits per heavy atom. The molecule has 1 aliphatic rings. The fourth-order valence-electron chi connectivity index (χ4n) is 1.78. The van der Waals surface area contributed by atoms with Crippen LogP contribution in [0.15, 0.2) is 24.5 Å². The van der Waals surface area contributed by atoms with Crippen molar-refractivity contribution in [3.05, 3.63) is 30.1 Å². The molecular formula is C13H18N2O. The van der Waals surface area contributed by atoms with Crippen LogP contribution in [0.2, 0.25) is 0 Å². The molecule has 0 unspecified atom stereocenters. The lowest BCUT2D eigenvalue weighted by Gasteiger charge is -2.19. The zero-order valence-corrected chi connectivity index (χ0v) is 9.72. The van der Waals surface area contributed by atoms with E-state index in [1.165, 1.54) is 5.56 Å². The molecule has 0 aromatic carbocycles. The fraction of sp³-hybridized carbons (Fsp3) is 0.538. The van der Waals surface area contributed by atoms with Crippen molar-refractivity contribution in [2.75, 3.05) is 13.1 Å². The van der Waals surface area contributed by atoms with E-state index in [9.17, 15) is 4.79 Å². The lowest BCUT2D eigenvalue weighted by atomic mass is 10.2. The molecule has 0 N–H and O–H groups in total. The van der Waals surface area contributed by atoms with Crippen LogP contribution in [0.1, 0.15) is 25.3 Å². The van der Waals surface area contributed by atoms with Gasteiger partial charge in [-0.3, -0.25) is 14.7 Å². The van der Waals surface area contributed by atoms with Crippen molar-refractivity contribution in [2.24, 2.45) is 5.92 Å². The molecule has 0 spiro atoms. The molecule has 3 nitrogen and oxygen atoms in total. The quantitative estimate of drug-likeness (QED) is 0.731. The molecule has 1 aromatic heterocycles. The number of carbonyl (C=O) groups excluding carboxylic acids is 1. The maximum Gasteiger partial charge on any atom is 0.149 e. The third-order valence-electron chi connectivity index (χ3n) is 3.01. The van der Waals surface area contributed by atoms with Crippen molar-refractivity contribution < 1.29 is 4.79 Å². The van der Waals surface area contributed by atoms with E-state index in [0.29, 0.717) is 18.2 Å². The van der Waals surface area contributed by atoms with Crippen LogP contribution < -0.4 is 0 Å². The molecule has 0 saturated heterocycles. The lowest BCUT2D eigenvalue weighted by molar-refractivity contribution is -0.121. The molecule has 0 amide bonds. The van der Waals surface area contributed by atoms with Crippen molar-refractivity contribution in [3.63, 3.8) is 0 Å². The van der Waals surface area contributed by atoms with E-state index < -0.39 is 0 Å². The first kappa shape index (κ1) is 11.3. The maximum absolute atomic E-state index is 11.7. The molecule has 0 radical (unpaired) electrons. The number of aromatic nitrogens is 1. The van der Waals surface area contributed by atoms with Gasteiger partial charge in [0, 0.05) is 24.9 Å². The van der Waals surface area contributed by atoms with E-state index in [2.05, 4.69) is 16.8 Å². The third-order valence-corrected chi connectivity index (χ3v) is 3.01. The van der Waals surface area contributed by atoms with Crippen molar-refractivity contribution in [1.82, 2.24) is 9.88 Å². The largest absolute Gasteiger partial charge is 0.298 e. The standard InChI is InChI=1S/C13H18N2O/c1-2-15(10-13(16)12-3-4-12)9-11-5-7-14-8-6-11/h5-8,12H,2-4,9-10H2,1H3. The summed E-state index contributed by atoms with van der Waals surface area (Å²) < 4.78 is 0. The van der Waals surface area contributed by atoms with Gasteiger partial charge in [-0.05, 0) is 37.1 Å². The Hall–Kier alpha value is -1.22. The first-order chi connectivity index (χ1) is 7.79. The highest BCUT2D eigenvalue weighted by molar-refractivity contribution is 5.84. The van der Waals surface area contributed by atoms with Gasteiger partial charge >= 0.3 is 0 Å². The van der Waals surface area contributed by atoms with Gasteiger partial charge in [0.05, 0.1) is 6.54 Å². The van der Waals surface area contributed by atoms with Crippen LogP contribution in [0.4, 0.5) is 0 Å². The number of ketones is 1. The highest BCUT2D eigenvalue weighted by Crippen LogP contribution is 2.30. The zero-order valence-electron chi connectivity index (χ0n) is 9.72. The smallest absolute Gasteiger partial charge is 0.149 e. The minimum Gasteiger partial charge on any atom is -0.298 e. The molecule has 1 fully saturated rings. The Morgan fingerprint density at radius 2 is 2.12 bits per heavy atom. The lowest BCUT2D eigenvalue weighted by Crippen LogP contribution is -2.30. The molecule has 3 heteroatoms. The molecular weight excluding hydrogens is 200 g/mol. The number of carbonyl (C=O) groups is 1. The number of nitrogens with zero attached hydrogens (tertiary/aromatic N) is 2. The van der Waals surface area contributed by atoms with Crippen LogP contribution in [-0.2, 0) is 11.3 Å². The maximum atomic E-state index is 11.7. The zero-order chi connectivity index (χ0) is 11.4. The molecule has 1 heterocycles. The van der Waals surface area contributed by atoms with Crippen LogP contribution in [0, 0.1) is 5.92 Å². The van der Waals surface area contributed by atoms with Crippen LogP contribution in [0.3, 0.4) is 0 Å². The van der Waals surface area contributed by atoms with Gasteiger partial charge in [-0.1, -0.05) is 6.92 Å². The van der Waals surface area contributed by atoms with E-state index in [1.807, 2.05) is 12.1 Å². The fourth-order valence-corrected chi connectivity index (χ4v) is 1.78. The van der Waals surface area contributed by atoms with Gasteiger partial charge in [0.2, 0.25) is 0 Å². The Bertz CT molecular complexity index is 346. The summed E-state index contributed by atoms with van der Waals surface area (Å²) in [6, 6.07) is 4.01. The molecule has 1 saturated carbocycles. The highest BCUT2D eigenvalue weighted by Gasteiger charge is 2.29. The second-order valence-corrected chi connectivity index (χ2v) is 4.40. The van der Waals surface area contributed by atoms with Gasteiger partial charge in [0.1, 0.15) is 5.78 Å². The third kappa shape index (κ3) is 3.14. The molecule has 0 bridgehead atoms. The minimum absolute atomic E-state index is 0.367. The number of rotatable bonds is 6. The minimum atomic E-state index is 0.367. The van der Waals surface area contributed by atoms with Gasteiger partial charge < -0.3 is 0 Å². The normalized spacial score (nSPS) is 15.4. The Kier molecular flexibility index (Phi) is 3.67. The Morgan fingerprint density at radius 3 is 2.69 bits per heavy atom. The second-order valence-electron chi connectivity index (χ2n) is 4.40. The first-order valence-corrected chi connectivity index (χ1v) is 5.93. The van der Waals surface area contributed by atoms with Crippen molar-refractivity contribution in [3.8, 4) is 0 Å². The molecule has 86 valence electrons. The van der Waals surface area contributed by atoms with E-state index >= 15 is 0 Å². The molecule has 1 aromatic rings. The van der Waals surface area contributed by atoms with Crippen molar-refractivity contribution in [2.45, 2.75) is 26.3 Å². The summed E-state index contributed by atoms with van der Waals surface area (Å²) in [4.78, 5) is 17.9. The van der Waals surface area contributed by atoms with E-state index in [-0.39, 0.29) is 0 Å². The Labute approximate surface area is 96.5 Å². The number of pyridine rings is 1. The van der Waals surface area contributed by atoms with Gasteiger partial charge in [-0.2, -0.15) is 0 Å². The predicted molar refractivity (Wildman–Crippen MR) is 62.9 cm³/mol.